The number of hydrogen-bond acceptors (Lipinski definition) is 5. The summed E-state index contributed by atoms with van der Waals surface area (Å²) in [4.78, 5) is 16.4. The van der Waals surface area contributed by atoms with Crippen LogP contribution in [0.1, 0.15) is 11.1 Å². The highest BCUT2D eigenvalue weighted by molar-refractivity contribution is 6.13. The van der Waals surface area contributed by atoms with Crippen LogP contribution in [0.25, 0.3) is 145 Å². The van der Waals surface area contributed by atoms with Crippen molar-refractivity contribution >= 4 is 43.6 Å². The van der Waals surface area contributed by atoms with Gasteiger partial charge >= 0.3 is 0 Å². The lowest BCUT2D eigenvalue weighted by molar-refractivity contribution is 1.06. The van der Waals surface area contributed by atoms with Crippen LogP contribution < -0.4 is 0 Å². The number of benzene rings is 12. The predicted molar refractivity (Wildman–Crippen MR) is 341 cm³/mol. The van der Waals surface area contributed by atoms with E-state index in [0.717, 1.165) is 127 Å². The molecule has 15 rings (SSSR count). The molecule has 0 aliphatic carbocycles. The number of nitriles is 2. The first-order valence-electron chi connectivity index (χ1n) is 27.9. The van der Waals surface area contributed by atoms with E-state index >= 15 is 0 Å². The summed E-state index contributed by atoms with van der Waals surface area (Å²) in [6.07, 6.45) is 0. The molecule has 0 aliphatic heterocycles. The third-order valence-electron chi connectivity index (χ3n) is 16.1. The summed E-state index contributed by atoms with van der Waals surface area (Å²) in [5.41, 5.74) is 19.9. The van der Waals surface area contributed by atoms with Crippen LogP contribution in [0.15, 0.2) is 285 Å². The lowest BCUT2D eigenvalue weighted by atomic mass is 10.00. The highest BCUT2D eigenvalue weighted by Gasteiger charge is 2.25. The van der Waals surface area contributed by atoms with Crippen molar-refractivity contribution in [1.29, 1.82) is 10.5 Å². The standard InChI is InChI=1S/C77H47N7/c78-48-50-26-29-56(30-27-50)62-31-37-64(74(47-62)84-71-40-34-60(54-20-10-3-11-21-54)45-67(71)68-46-61(35-41-72(68)84)55-22-12-4-13-23-55)77-81-75(57-24-14-5-15-25-57)80-76(82-77)63-36-28-51(49-79)42-73(63)83-69-38-32-58(52-16-6-1-7-17-52)43-65(69)66-44-59(33-39-70(66)83)53-18-8-2-9-19-53/h1-47H. The second-order valence-electron chi connectivity index (χ2n) is 21.0. The molecule has 0 unspecified atom stereocenters. The SMILES string of the molecule is N#Cc1ccc(-c2ccc(-c3nc(-c4ccccc4)nc(-c4ccc(C#N)cc4-n4c5ccc(-c6ccccc6)cc5c5cc(-c6ccccc6)ccc54)n3)c(-n3c4ccc(-c5ccccc5)cc4c4cc(-c5ccccc5)ccc43)c2)cc1. The van der Waals surface area contributed by atoms with E-state index in [2.05, 4.69) is 209 Å². The second-order valence-corrected chi connectivity index (χ2v) is 21.0. The van der Waals surface area contributed by atoms with Gasteiger partial charge in [-0.3, -0.25) is 0 Å². The Hall–Kier alpha value is -11.8. The van der Waals surface area contributed by atoms with Crippen LogP contribution in [0.2, 0.25) is 0 Å². The van der Waals surface area contributed by atoms with Gasteiger partial charge in [0, 0.05) is 38.2 Å². The van der Waals surface area contributed by atoms with Crippen molar-refractivity contribution < 1.29 is 0 Å². The monoisotopic (exact) mass is 1070 g/mol. The Morgan fingerprint density at radius 1 is 0.238 bits per heavy atom. The topological polar surface area (TPSA) is 96.1 Å². The van der Waals surface area contributed by atoms with E-state index in [4.69, 9.17) is 15.0 Å². The van der Waals surface area contributed by atoms with Gasteiger partial charge in [0.25, 0.3) is 0 Å². The first-order valence-corrected chi connectivity index (χ1v) is 27.9. The average Bonchev–Trinajstić information content (AvgIpc) is 2.30. The number of nitrogens with zero attached hydrogens (tertiary/aromatic N) is 7. The van der Waals surface area contributed by atoms with Gasteiger partial charge in [-0.25, -0.2) is 15.0 Å². The second kappa shape index (κ2) is 20.7. The minimum absolute atomic E-state index is 0.444. The van der Waals surface area contributed by atoms with Gasteiger partial charge in [-0.05, 0) is 147 Å². The van der Waals surface area contributed by atoms with Crippen LogP contribution in [0.4, 0.5) is 0 Å². The summed E-state index contributed by atoms with van der Waals surface area (Å²) in [7, 11) is 0. The van der Waals surface area contributed by atoms with Crippen LogP contribution in [0, 0.1) is 22.7 Å². The maximum Gasteiger partial charge on any atom is 0.166 e. The maximum absolute atomic E-state index is 10.7. The molecule has 0 bridgehead atoms. The van der Waals surface area contributed by atoms with Crippen molar-refractivity contribution in [3.63, 3.8) is 0 Å². The Morgan fingerprint density at radius 3 is 0.905 bits per heavy atom. The molecule has 0 atom stereocenters. The molecule has 390 valence electrons. The third-order valence-corrected chi connectivity index (χ3v) is 16.1. The first-order chi connectivity index (χ1) is 41.5. The molecule has 7 heteroatoms. The largest absolute Gasteiger partial charge is 0.308 e. The minimum Gasteiger partial charge on any atom is -0.308 e. The molecule has 0 saturated heterocycles. The van der Waals surface area contributed by atoms with Gasteiger partial charge in [-0.15, -0.1) is 0 Å². The van der Waals surface area contributed by atoms with Crippen LogP contribution in [-0.4, -0.2) is 24.1 Å². The fourth-order valence-electron chi connectivity index (χ4n) is 11.9. The molecule has 0 N–H and O–H groups in total. The first kappa shape index (κ1) is 49.3. The Labute approximate surface area is 485 Å². The predicted octanol–water partition coefficient (Wildman–Crippen LogP) is 19.1. The van der Waals surface area contributed by atoms with Crippen molar-refractivity contribution in [1.82, 2.24) is 24.1 Å². The Kier molecular flexibility index (Phi) is 12.2. The molecule has 0 aliphatic rings. The summed E-state index contributed by atoms with van der Waals surface area (Å²) in [6, 6.07) is 104. The van der Waals surface area contributed by atoms with Crippen molar-refractivity contribution in [2.45, 2.75) is 0 Å². The van der Waals surface area contributed by atoms with Crippen molar-refractivity contribution in [3.05, 3.63) is 296 Å². The van der Waals surface area contributed by atoms with Crippen LogP contribution in [-0.2, 0) is 0 Å². The van der Waals surface area contributed by atoms with Gasteiger partial charge in [-0.1, -0.05) is 194 Å². The number of hydrogen-bond donors (Lipinski definition) is 0. The lowest BCUT2D eigenvalue weighted by Gasteiger charge is -2.18. The third kappa shape index (κ3) is 8.74. The van der Waals surface area contributed by atoms with E-state index in [1.54, 1.807) is 0 Å². The van der Waals surface area contributed by atoms with E-state index in [9.17, 15) is 10.5 Å². The van der Waals surface area contributed by atoms with Gasteiger partial charge in [-0.2, -0.15) is 10.5 Å². The molecule has 3 aromatic heterocycles. The molecule has 0 radical (unpaired) electrons. The van der Waals surface area contributed by atoms with Crippen molar-refractivity contribution in [2.75, 3.05) is 0 Å². The van der Waals surface area contributed by atoms with Crippen molar-refractivity contribution in [2.24, 2.45) is 0 Å². The molecular weight excluding hydrogens is 1020 g/mol. The highest BCUT2D eigenvalue weighted by atomic mass is 15.1. The zero-order chi connectivity index (χ0) is 56.1. The molecule has 7 nitrogen and oxygen atoms in total. The normalized spacial score (nSPS) is 11.3. The Balaban J connectivity index is 0.996. The molecule has 0 spiro atoms. The van der Waals surface area contributed by atoms with Crippen LogP contribution >= 0.6 is 0 Å². The molecule has 3 heterocycles. The summed E-state index contributed by atoms with van der Waals surface area (Å²) in [5, 5.41) is 24.9. The van der Waals surface area contributed by atoms with Gasteiger partial charge < -0.3 is 9.13 Å². The molecular formula is C77H47N7. The zero-order valence-corrected chi connectivity index (χ0v) is 45.3. The molecule has 84 heavy (non-hydrogen) atoms. The zero-order valence-electron chi connectivity index (χ0n) is 45.3. The molecule has 12 aromatic carbocycles. The maximum atomic E-state index is 10.7. The summed E-state index contributed by atoms with van der Waals surface area (Å²) < 4.78 is 4.61. The smallest absolute Gasteiger partial charge is 0.166 e. The molecule has 0 fully saturated rings. The van der Waals surface area contributed by atoms with Gasteiger partial charge in [0.15, 0.2) is 17.5 Å². The number of aromatic nitrogens is 5. The van der Waals surface area contributed by atoms with E-state index in [0.29, 0.717) is 28.6 Å². The van der Waals surface area contributed by atoms with E-state index in [1.807, 2.05) is 97.1 Å². The quantitative estimate of drug-likeness (QED) is 0.136. The van der Waals surface area contributed by atoms with E-state index in [1.165, 1.54) is 0 Å². The summed E-state index contributed by atoms with van der Waals surface area (Å²) in [6.45, 7) is 0. The van der Waals surface area contributed by atoms with Gasteiger partial charge in [0.1, 0.15) is 0 Å². The Bertz CT molecular complexity index is 4920. The van der Waals surface area contributed by atoms with Crippen LogP contribution in [0.3, 0.4) is 0 Å². The summed E-state index contributed by atoms with van der Waals surface area (Å²) >= 11 is 0. The van der Waals surface area contributed by atoms with Crippen molar-refractivity contribution in [3.8, 4) is 113 Å². The Morgan fingerprint density at radius 2 is 0.524 bits per heavy atom. The molecule has 15 aromatic rings. The van der Waals surface area contributed by atoms with Gasteiger partial charge in [0.05, 0.1) is 56.7 Å². The molecule has 0 amide bonds. The van der Waals surface area contributed by atoms with E-state index < -0.39 is 0 Å². The average molecular weight is 1070 g/mol. The van der Waals surface area contributed by atoms with E-state index in [-0.39, 0.29) is 0 Å². The molecule has 0 saturated carbocycles. The lowest BCUT2D eigenvalue weighted by Crippen LogP contribution is -2.06. The highest BCUT2D eigenvalue weighted by Crippen LogP contribution is 2.43. The van der Waals surface area contributed by atoms with Gasteiger partial charge in [0.2, 0.25) is 0 Å². The fraction of sp³-hybridized carbons (Fsp3) is 0. The minimum atomic E-state index is 0.444. The van der Waals surface area contributed by atoms with Crippen LogP contribution in [0.5, 0.6) is 0 Å². The summed E-state index contributed by atoms with van der Waals surface area (Å²) in [5.74, 6) is 1.41. The number of fused-ring (bicyclic) bond motifs is 6. The fourth-order valence-corrected chi connectivity index (χ4v) is 11.9. The number of rotatable bonds is 10.